The molecule has 0 unspecified atom stereocenters. The van der Waals surface area contributed by atoms with Crippen molar-refractivity contribution < 1.29 is 0 Å². The van der Waals surface area contributed by atoms with E-state index < -0.39 is 0 Å². The van der Waals surface area contributed by atoms with Crippen LogP contribution in [-0.2, 0) is 19.3 Å². The average molecular weight is 425 g/mol. The molecule has 6 nitrogen and oxygen atoms in total. The van der Waals surface area contributed by atoms with Crippen molar-refractivity contribution in [1.29, 1.82) is 0 Å². The minimum absolute atomic E-state index is 0.104. The maximum absolute atomic E-state index is 12.9. The normalized spacial score (nSPS) is 11.2. The summed E-state index contributed by atoms with van der Waals surface area (Å²) in [4.78, 5) is 34.8. The van der Waals surface area contributed by atoms with Crippen molar-refractivity contribution in [2.24, 2.45) is 7.05 Å². The summed E-state index contributed by atoms with van der Waals surface area (Å²) in [5.41, 5.74) is 0.918. The van der Waals surface area contributed by atoms with Crippen molar-refractivity contribution in [2.45, 2.75) is 17.5 Å². The van der Waals surface area contributed by atoms with Crippen LogP contribution in [0.25, 0.3) is 21.8 Å². The molecule has 0 aliphatic heterocycles. The molecule has 0 saturated carbocycles. The third-order valence-electron chi connectivity index (χ3n) is 4.60. The van der Waals surface area contributed by atoms with Gasteiger partial charge in [-0.3, -0.25) is 18.7 Å². The van der Waals surface area contributed by atoms with Crippen molar-refractivity contribution in [3.8, 4) is 0 Å². The van der Waals surface area contributed by atoms with Crippen LogP contribution in [0.4, 0.5) is 0 Å². The lowest BCUT2D eigenvalue weighted by atomic mass is 10.2. The van der Waals surface area contributed by atoms with Crippen LogP contribution >= 0.6 is 23.4 Å². The zero-order chi connectivity index (χ0) is 20.5. The van der Waals surface area contributed by atoms with Crippen LogP contribution in [0.1, 0.15) is 5.82 Å². The summed E-state index contributed by atoms with van der Waals surface area (Å²) in [6, 6.07) is 12.3. The van der Waals surface area contributed by atoms with Gasteiger partial charge in [0.05, 0.1) is 27.6 Å². The number of allylic oxidation sites excluding steroid dienone is 1. The number of benzene rings is 2. The molecule has 0 aliphatic carbocycles. The van der Waals surface area contributed by atoms with Crippen molar-refractivity contribution in [3.63, 3.8) is 0 Å². The van der Waals surface area contributed by atoms with Gasteiger partial charge in [0.15, 0.2) is 5.16 Å². The Morgan fingerprint density at radius 2 is 1.83 bits per heavy atom. The maximum atomic E-state index is 12.9. The summed E-state index contributed by atoms with van der Waals surface area (Å²) in [6.07, 6.45) is 1.65. The minimum Gasteiger partial charge on any atom is -0.299 e. The highest BCUT2D eigenvalue weighted by molar-refractivity contribution is 7.98. The van der Waals surface area contributed by atoms with Gasteiger partial charge in [-0.05, 0) is 30.3 Å². The zero-order valence-corrected chi connectivity index (χ0v) is 17.2. The molecule has 2 aromatic heterocycles. The van der Waals surface area contributed by atoms with Gasteiger partial charge >= 0.3 is 0 Å². The van der Waals surface area contributed by atoms with E-state index in [1.165, 1.54) is 16.3 Å². The van der Waals surface area contributed by atoms with E-state index in [1.807, 2.05) is 18.2 Å². The molecule has 0 bridgehead atoms. The van der Waals surface area contributed by atoms with E-state index in [1.54, 1.807) is 42.0 Å². The molecule has 0 atom stereocenters. The monoisotopic (exact) mass is 424 g/mol. The van der Waals surface area contributed by atoms with Crippen LogP contribution in [-0.4, -0.2) is 19.1 Å². The molecule has 4 rings (SSSR count). The predicted octanol–water partition coefficient (Wildman–Crippen LogP) is 3.78. The maximum Gasteiger partial charge on any atom is 0.262 e. The molecule has 0 aliphatic rings. The quantitative estimate of drug-likeness (QED) is 0.277. The Morgan fingerprint density at radius 3 is 2.62 bits per heavy atom. The summed E-state index contributed by atoms with van der Waals surface area (Å²) in [6.45, 7) is 4.07. The van der Waals surface area contributed by atoms with Crippen molar-refractivity contribution in [2.75, 3.05) is 0 Å². The lowest BCUT2D eigenvalue weighted by molar-refractivity contribution is 0.670. The summed E-state index contributed by atoms with van der Waals surface area (Å²) in [5, 5.41) is 2.11. The Morgan fingerprint density at radius 1 is 1.07 bits per heavy atom. The van der Waals surface area contributed by atoms with Gasteiger partial charge in [-0.15, -0.1) is 6.58 Å². The minimum atomic E-state index is -0.158. The first-order valence-electron chi connectivity index (χ1n) is 8.88. The third kappa shape index (κ3) is 3.59. The zero-order valence-electron chi connectivity index (χ0n) is 15.6. The molecule has 0 N–H and O–H groups in total. The number of thioether (sulfide) groups is 1. The Bertz CT molecular complexity index is 1380. The van der Waals surface area contributed by atoms with Crippen LogP contribution in [0.3, 0.4) is 0 Å². The van der Waals surface area contributed by atoms with Gasteiger partial charge in [0.1, 0.15) is 5.82 Å². The Kier molecular flexibility index (Phi) is 5.25. The first-order chi connectivity index (χ1) is 14.0. The molecule has 0 spiro atoms. The first kappa shape index (κ1) is 19.4. The van der Waals surface area contributed by atoms with Crippen molar-refractivity contribution in [3.05, 3.63) is 86.7 Å². The van der Waals surface area contributed by atoms with Crippen molar-refractivity contribution >= 4 is 45.2 Å². The van der Waals surface area contributed by atoms with Crippen LogP contribution in [0.5, 0.6) is 0 Å². The fourth-order valence-corrected chi connectivity index (χ4v) is 4.26. The van der Waals surface area contributed by atoms with E-state index in [2.05, 4.69) is 16.5 Å². The van der Waals surface area contributed by atoms with Gasteiger partial charge in [-0.25, -0.2) is 9.97 Å². The van der Waals surface area contributed by atoms with E-state index >= 15 is 0 Å². The van der Waals surface area contributed by atoms with E-state index in [-0.39, 0.29) is 11.1 Å². The van der Waals surface area contributed by atoms with E-state index in [0.29, 0.717) is 50.1 Å². The SMILES string of the molecule is C=CCn1c(SCc2nc3ccccc3c(=O)n2C)nc2cc(Cl)ccc2c1=O. The largest absolute Gasteiger partial charge is 0.299 e. The highest BCUT2D eigenvalue weighted by Crippen LogP contribution is 2.23. The molecule has 146 valence electrons. The van der Waals surface area contributed by atoms with E-state index in [4.69, 9.17) is 11.6 Å². The van der Waals surface area contributed by atoms with Gasteiger partial charge < -0.3 is 0 Å². The molecule has 0 fully saturated rings. The molecule has 0 saturated heterocycles. The van der Waals surface area contributed by atoms with Gasteiger partial charge in [-0.2, -0.15) is 0 Å². The number of hydrogen-bond donors (Lipinski definition) is 0. The second-order valence-corrected chi connectivity index (χ2v) is 7.84. The lowest BCUT2D eigenvalue weighted by Crippen LogP contribution is -2.24. The number of fused-ring (bicyclic) bond motifs is 2. The molecule has 29 heavy (non-hydrogen) atoms. The number of aromatic nitrogens is 4. The number of nitrogens with zero attached hydrogens (tertiary/aromatic N) is 4. The van der Waals surface area contributed by atoms with Gasteiger partial charge in [-0.1, -0.05) is 41.6 Å². The predicted molar refractivity (Wildman–Crippen MR) is 118 cm³/mol. The second kappa shape index (κ2) is 7.85. The molecule has 8 heteroatoms. The summed E-state index contributed by atoms with van der Waals surface area (Å²) >= 11 is 7.42. The number of rotatable bonds is 5. The fourth-order valence-electron chi connectivity index (χ4n) is 3.10. The Labute approximate surface area is 175 Å². The third-order valence-corrected chi connectivity index (χ3v) is 5.81. The topological polar surface area (TPSA) is 69.8 Å². The lowest BCUT2D eigenvalue weighted by Gasteiger charge is -2.13. The number of halogens is 1. The highest BCUT2D eigenvalue weighted by Gasteiger charge is 2.14. The standard InChI is InChI=1S/C21H17ClN4O2S/c1-3-10-26-20(28)15-9-8-13(22)11-17(15)24-21(26)29-12-18-23-16-7-5-4-6-14(16)19(27)25(18)2/h3-9,11H,1,10,12H2,2H3. The molecule has 2 heterocycles. The molecular formula is C21H17ClN4O2S. The first-order valence-corrected chi connectivity index (χ1v) is 10.2. The van der Waals surface area contributed by atoms with Crippen LogP contribution in [0, 0.1) is 0 Å². The van der Waals surface area contributed by atoms with E-state index in [0.717, 1.165) is 0 Å². The Balaban J connectivity index is 1.78. The molecule has 0 amide bonds. The fraction of sp³-hybridized carbons (Fsp3) is 0.143. The van der Waals surface area contributed by atoms with Crippen LogP contribution in [0.15, 0.2) is 69.9 Å². The summed E-state index contributed by atoms with van der Waals surface area (Å²) in [5.74, 6) is 0.982. The molecule has 4 aromatic rings. The van der Waals surface area contributed by atoms with E-state index in [9.17, 15) is 9.59 Å². The Hall–Kier alpha value is -2.90. The van der Waals surface area contributed by atoms with Gasteiger partial charge in [0, 0.05) is 18.6 Å². The van der Waals surface area contributed by atoms with Crippen molar-refractivity contribution in [1.82, 2.24) is 19.1 Å². The van der Waals surface area contributed by atoms with Crippen LogP contribution < -0.4 is 11.1 Å². The molecule has 2 aromatic carbocycles. The number of hydrogen-bond acceptors (Lipinski definition) is 5. The smallest absolute Gasteiger partial charge is 0.262 e. The number of para-hydroxylation sites is 1. The highest BCUT2D eigenvalue weighted by atomic mass is 35.5. The average Bonchev–Trinajstić information content (AvgIpc) is 2.72. The van der Waals surface area contributed by atoms with Crippen LogP contribution in [0.2, 0.25) is 5.02 Å². The van der Waals surface area contributed by atoms with Gasteiger partial charge in [0.25, 0.3) is 11.1 Å². The van der Waals surface area contributed by atoms with Gasteiger partial charge in [0.2, 0.25) is 0 Å². The summed E-state index contributed by atoms with van der Waals surface area (Å²) < 4.78 is 3.09. The second-order valence-electron chi connectivity index (χ2n) is 6.46. The molecule has 0 radical (unpaired) electrons. The molecular weight excluding hydrogens is 408 g/mol. The summed E-state index contributed by atoms with van der Waals surface area (Å²) in [7, 11) is 1.70.